The van der Waals surface area contributed by atoms with Gasteiger partial charge in [-0.15, -0.1) is 5.10 Å². The average molecular weight is 402 g/mol. The minimum absolute atomic E-state index is 0.0173. The molecule has 27 heavy (non-hydrogen) atoms. The van der Waals surface area contributed by atoms with Crippen LogP contribution in [0.2, 0.25) is 10.0 Å². The third-order valence-corrected chi connectivity index (χ3v) is 4.27. The summed E-state index contributed by atoms with van der Waals surface area (Å²) >= 11 is 12.0. The van der Waals surface area contributed by atoms with Crippen molar-refractivity contribution in [2.24, 2.45) is 0 Å². The number of rotatable bonds is 4. The summed E-state index contributed by atoms with van der Waals surface area (Å²) in [5.41, 5.74) is 1.21. The first-order valence-electron chi connectivity index (χ1n) is 7.57. The zero-order chi connectivity index (χ0) is 19.0. The van der Waals surface area contributed by atoms with Crippen LogP contribution in [0.5, 0.6) is 0 Å². The summed E-state index contributed by atoms with van der Waals surface area (Å²) in [7, 11) is 0. The van der Waals surface area contributed by atoms with Crippen molar-refractivity contribution in [2.45, 2.75) is 0 Å². The second kappa shape index (κ2) is 6.78. The molecule has 0 radical (unpaired) electrons. The van der Waals surface area contributed by atoms with Crippen LogP contribution < -0.4 is 5.32 Å². The molecule has 0 fully saturated rings. The Morgan fingerprint density at radius 2 is 1.93 bits per heavy atom. The molecular weight excluding hydrogens is 393 g/mol. The van der Waals surface area contributed by atoms with Crippen LogP contribution in [0.3, 0.4) is 0 Å². The molecule has 4 aromatic rings. The highest BCUT2D eigenvalue weighted by Crippen LogP contribution is 2.34. The molecule has 0 amide bonds. The first-order valence-corrected chi connectivity index (χ1v) is 8.32. The molecule has 0 spiro atoms. The van der Waals surface area contributed by atoms with E-state index in [4.69, 9.17) is 23.2 Å². The Morgan fingerprint density at radius 1 is 1.11 bits per heavy atom. The fourth-order valence-electron chi connectivity index (χ4n) is 2.53. The van der Waals surface area contributed by atoms with Gasteiger partial charge < -0.3 is 5.32 Å². The van der Waals surface area contributed by atoms with E-state index < -0.39 is 4.92 Å². The predicted octanol–water partition coefficient (Wildman–Crippen LogP) is 4.17. The van der Waals surface area contributed by atoms with Crippen molar-refractivity contribution in [1.82, 2.24) is 25.0 Å². The molecule has 0 bridgehead atoms. The lowest BCUT2D eigenvalue weighted by atomic mass is 10.3. The van der Waals surface area contributed by atoms with Gasteiger partial charge in [0.25, 0.3) is 0 Å². The molecular formula is C16H9Cl2N7O2. The number of aromatic nitrogens is 5. The average Bonchev–Trinajstić information content (AvgIpc) is 3.07. The maximum absolute atomic E-state index is 11.8. The van der Waals surface area contributed by atoms with Crippen molar-refractivity contribution in [2.75, 3.05) is 5.32 Å². The van der Waals surface area contributed by atoms with Crippen LogP contribution in [0.25, 0.3) is 16.9 Å². The van der Waals surface area contributed by atoms with Crippen LogP contribution in [0.1, 0.15) is 0 Å². The Bertz CT molecular complexity index is 1180. The van der Waals surface area contributed by atoms with Gasteiger partial charge in [0.15, 0.2) is 0 Å². The van der Waals surface area contributed by atoms with Gasteiger partial charge in [0, 0.05) is 5.02 Å². The lowest BCUT2D eigenvalue weighted by molar-refractivity contribution is -0.384. The van der Waals surface area contributed by atoms with E-state index >= 15 is 0 Å². The molecule has 9 nitrogen and oxygen atoms in total. The standard InChI is InChI=1S/C16H9Cl2N7O2/c17-9-5-6-11(10(18)7-9)21-15-14(25(26)27)16(20-8-19-15)24-13-4-2-1-3-12(13)22-23-24/h1-8H,(H,19,20,21). The summed E-state index contributed by atoms with van der Waals surface area (Å²) in [6.45, 7) is 0. The molecule has 134 valence electrons. The summed E-state index contributed by atoms with van der Waals surface area (Å²) in [5, 5.41) is 23.4. The van der Waals surface area contributed by atoms with Crippen LogP contribution in [0.15, 0.2) is 48.8 Å². The topological polar surface area (TPSA) is 112 Å². The molecule has 11 heteroatoms. The van der Waals surface area contributed by atoms with Crippen molar-refractivity contribution in [1.29, 1.82) is 0 Å². The van der Waals surface area contributed by atoms with Crippen molar-refractivity contribution < 1.29 is 4.92 Å². The number of hydrogen-bond donors (Lipinski definition) is 1. The zero-order valence-electron chi connectivity index (χ0n) is 13.4. The van der Waals surface area contributed by atoms with E-state index in [2.05, 4.69) is 25.6 Å². The number of hydrogen-bond acceptors (Lipinski definition) is 7. The van der Waals surface area contributed by atoms with Gasteiger partial charge in [-0.2, -0.15) is 4.68 Å². The van der Waals surface area contributed by atoms with E-state index in [1.807, 2.05) is 0 Å². The predicted molar refractivity (Wildman–Crippen MR) is 101 cm³/mol. The van der Waals surface area contributed by atoms with Crippen molar-refractivity contribution >= 4 is 51.4 Å². The minimum Gasteiger partial charge on any atom is -0.333 e. The van der Waals surface area contributed by atoms with Gasteiger partial charge >= 0.3 is 5.69 Å². The Morgan fingerprint density at radius 3 is 2.70 bits per heavy atom. The van der Waals surface area contributed by atoms with E-state index in [9.17, 15) is 10.1 Å². The number of nitro groups is 1. The van der Waals surface area contributed by atoms with Crippen LogP contribution >= 0.6 is 23.2 Å². The molecule has 1 N–H and O–H groups in total. The van der Waals surface area contributed by atoms with Crippen LogP contribution in [0, 0.1) is 10.1 Å². The van der Waals surface area contributed by atoms with Gasteiger partial charge in [0.1, 0.15) is 11.8 Å². The summed E-state index contributed by atoms with van der Waals surface area (Å²) in [6.07, 6.45) is 1.20. The monoisotopic (exact) mass is 401 g/mol. The Labute approximate surface area is 161 Å². The number of anilines is 2. The zero-order valence-corrected chi connectivity index (χ0v) is 14.9. The minimum atomic E-state index is -0.585. The molecule has 2 aromatic carbocycles. The van der Waals surface area contributed by atoms with E-state index in [0.29, 0.717) is 26.8 Å². The van der Waals surface area contributed by atoms with Crippen molar-refractivity contribution in [3.8, 4) is 5.82 Å². The quantitative estimate of drug-likeness (QED) is 0.403. The maximum atomic E-state index is 11.8. The SMILES string of the molecule is O=[N+]([O-])c1c(Nc2ccc(Cl)cc2Cl)ncnc1-n1nnc2ccccc21. The van der Waals surface area contributed by atoms with E-state index in [-0.39, 0.29) is 17.3 Å². The van der Waals surface area contributed by atoms with Gasteiger partial charge in [0.2, 0.25) is 11.6 Å². The Balaban J connectivity index is 1.87. The summed E-state index contributed by atoms with van der Waals surface area (Å²) in [6, 6.07) is 11.8. The normalized spacial score (nSPS) is 10.9. The molecule has 0 aliphatic carbocycles. The molecule has 2 aromatic heterocycles. The summed E-state index contributed by atoms with van der Waals surface area (Å²) in [5.74, 6) is -0.0508. The Kier molecular flexibility index (Phi) is 4.30. The number of halogens is 2. The fourth-order valence-corrected chi connectivity index (χ4v) is 2.98. The van der Waals surface area contributed by atoms with Crippen LogP contribution in [0.4, 0.5) is 17.2 Å². The number of fused-ring (bicyclic) bond motifs is 1. The largest absolute Gasteiger partial charge is 0.356 e. The first-order chi connectivity index (χ1) is 13.0. The Hall–Kier alpha value is -3.30. The highest BCUT2D eigenvalue weighted by molar-refractivity contribution is 6.36. The van der Waals surface area contributed by atoms with E-state index in [0.717, 1.165) is 0 Å². The number of nitrogens with zero attached hydrogens (tertiary/aromatic N) is 6. The third-order valence-electron chi connectivity index (χ3n) is 3.72. The van der Waals surface area contributed by atoms with Crippen molar-refractivity contribution in [3.63, 3.8) is 0 Å². The van der Waals surface area contributed by atoms with Crippen LogP contribution in [-0.2, 0) is 0 Å². The fraction of sp³-hybridized carbons (Fsp3) is 0. The number of nitrogens with one attached hydrogen (secondary N) is 1. The van der Waals surface area contributed by atoms with Crippen LogP contribution in [-0.4, -0.2) is 29.9 Å². The summed E-state index contributed by atoms with van der Waals surface area (Å²) < 4.78 is 1.30. The van der Waals surface area contributed by atoms with Gasteiger partial charge in [-0.25, -0.2) is 9.97 Å². The second-order valence-corrected chi connectivity index (χ2v) is 6.23. The highest BCUT2D eigenvalue weighted by Gasteiger charge is 2.26. The molecule has 4 rings (SSSR count). The van der Waals surface area contributed by atoms with Crippen molar-refractivity contribution in [3.05, 3.63) is 69.0 Å². The summed E-state index contributed by atoms with van der Waals surface area (Å²) in [4.78, 5) is 19.2. The van der Waals surface area contributed by atoms with E-state index in [1.54, 1.807) is 36.4 Å². The molecule has 0 unspecified atom stereocenters. The second-order valence-electron chi connectivity index (χ2n) is 5.39. The molecule has 0 saturated carbocycles. The number of para-hydroxylation sites is 1. The first kappa shape index (κ1) is 17.1. The molecule has 0 saturated heterocycles. The molecule has 2 heterocycles. The number of benzene rings is 2. The van der Waals surface area contributed by atoms with E-state index in [1.165, 1.54) is 17.1 Å². The lowest BCUT2D eigenvalue weighted by Crippen LogP contribution is -2.09. The van der Waals surface area contributed by atoms with Gasteiger partial charge in [0.05, 0.1) is 21.2 Å². The maximum Gasteiger partial charge on any atom is 0.356 e. The highest BCUT2D eigenvalue weighted by atomic mass is 35.5. The molecule has 0 aliphatic rings. The smallest absolute Gasteiger partial charge is 0.333 e. The molecule has 0 aliphatic heterocycles. The van der Waals surface area contributed by atoms with Gasteiger partial charge in [-0.1, -0.05) is 40.5 Å². The lowest BCUT2D eigenvalue weighted by Gasteiger charge is -2.10. The van der Waals surface area contributed by atoms with Gasteiger partial charge in [-0.05, 0) is 30.3 Å². The molecule has 0 atom stereocenters. The third kappa shape index (κ3) is 3.14. The van der Waals surface area contributed by atoms with Gasteiger partial charge in [-0.3, -0.25) is 10.1 Å².